The predicted octanol–water partition coefficient (Wildman–Crippen LogP) is 2.94. The third-order valence-corrected chi connectivity index (χ3v) is 3.02. The van der Waals surface area contributed by atoms with Gasteiger partial charge in [-0.25, -0.2) is 0 Å². The summed E-state index contributed by atoms with van der Waals surface area (Å²) in [5.74, 6) is 0.735. The molecule has 0 amide bonds. The van der Waals surface area contributed by atoms with E-state index in [-0.39, 0.29) is 0 Å². The molecule has 0 aliphatic heterocycles. The molecule has 90 valence electrons. The van der Waals surface area contributed by atoms with Crippen LogP contribution in [0.15, 0.2) is 36.5 Å². The number of nitrogens with two attached hydrogens (primary N) is 1. The van der Waals surface area contributed by atoms with Crippen LogP contribution in [0.4, 0.5) is 5.69 Å². The molecule has 0 unspecified atom stereocenters. The van der Waals surface area contributed by atoms with Gasteiger partial charge in [0, 0.05) is 11.8 Å². The van der Waals surface area contributed by atoms with Crippen LogP contribution in [-0.2, 0) is 0 Å². The number of halogens is 1. The first-order valence-electron chi connectivity index (χ1n) is 5.52. The number of fused-ring (bicyclic) bond motifs is 1. The number of hydrogen-bond acceptors (Lipinski definition) is 3. The summed E-state index contributed by atoms with van der Waals surface area (Å²) in [5.41, 5.74) is 9.19. The first-order chi connectivity index (χ1) is 8.65. The lowest BCUT2D eigenvalue weighted by Crippen LogP contribution is -1.94. The zero-order valence-electron chi connectivity index (χ0n) is 9.76. The highest BCUT2D eigenvalue weighted by molar-refractivity contribution is 6.30. The number of pyridine rings is 1. The smallest absolute Gasteiger partial charge is 0.184 e. The van der Waals surface area contributed by atoms with Crippen LogP contribution in [0.2, 0.25) is 5.02 Å². The topological polar surface area (TPSA) is 56.2 Å². The van der Waals surface area contributed by atoms with Gasteiger partial charge in [-0.15, -0.1) is 10.2 Å². The van der Waals surface area contributed by atoms with Crippen LogP contribution >= 0.6 is 11.6 Å². The number of aromatic nitrogens is 3. The highest BCUT2D eigenvalue weighted by Gasteiger charge is 2.10. The van der Waals surface area contributed by atoms with E-state index >= 15 is 0 Å². The maximum Gasteiger partial charge on any atom is 0.184 e. The minimum Gasteiger partial charge on any atom is -0.396 e. The van der Waals surface area contributed by atoms with E-state index < -0.39 is 0 Å². The molecule has 0 spiro atoms. The molecule has 0 saturated carbocycles. The molecule has 5 heteroatoms. The Morgan fingerprint density at radius 2 is 1.89 bits per heavy atom. The maximum absolute atomic E-state index is 6.01. The van der Waals surface area contributed by atoms with E-state index in [1.165, 1.54) is 5.56 Å². The van der Waals surface area contributed by atoms with Crippen molar-refractivity contribution < 1.29 is 0 Å². The van der Waals surface area contributed by atoms with E-state index in [0.29, 0.717) is 16.4 Å². The molecule has 4 nitrogen and oxygen atoms in total. The van der Waals surface area contributed by atoms with Crippen molar-refractivity contribution in [1.82, 2.24) is 14.6 Å². The van der Waals surface area contributed by atoms with Gasteiger partial charge in [0.05, 0.1) is 10.7 Å². The lowest BCUT2D eigenvalue weighted by atomic mass is 10.1. The largest absolute Gasteiger partial charge is 0.396 e. The predicted molar refractivity (Wildman–Crippen MR) is 72.6 cm³/mol. The SMILES string of the molecule is Cc1ccc(-c2nnc3c(N)cc(Cl)cn23)cc1. The fraction of sp³-hybridized carbons (Fsp3) is 0.0769. The van der Waals surface area contributed by atoms with E-state index in [4.69, 9.17) is 17.3 Å². The van der Waals surface area contributed by atoms with Crippen LogP contribution in [0.5, 0.6) is 0 Å². The van der Waals surface area contributed by atoms with Gasteiger partial charge in [-0.2, -0.15) is 0 Å². The van der Waals surface area contributed by atoms with Gasteiger partial charge in [0.25, 0.3) is 0 Å². The number of anilines is 1. The molecule has 0 fully saturated rings. The molecule has 0 radical (unpaired) electrons. The molecule has 0 atom stereocenters. The highest BCUT2D eigenvalue weighted by Crippen LogP contribution is 2.24. The summed E-state index contributed by atoms with van der Waals surface area (Å²) in [5, 5.41) is 8.82. The Hall–Kier alpha value is -2.07. The van der Waals surface area contributed by atoms with Gasteiger partial charge >= 0.3 is 0 Å². The van der Waals surface area contributed by atoms with Gasteiger partial charge < -0.3 is 5.73 Å². The standard InChI is InChI=1S/C13H11ClN4/c1-8-2-4-9(5-3-8)12-16-17-13-11(15)6-10(14)7-18(12)13/h2-7H,15H2,1H3. The maximum atomic E-state index is 6.01. The molecule has 2 heterocycles. The quantitative estimate of drug-likeness (QED) is 0.730. The zero-order valence-corrected chi connectivity index (χ0v) is 10.5. The third-order valence-electron chi connectivity index (χ3n) is 2.81. The second-order valence-corrected chi connectivity index (χ2v) is 4.63. The fourth-order valence-corrected chi connectivity index (χ4v) is 2.10. The van der Waals surface area contributed by atoms with Crippen molar-refractivity contribution in [3.05, 3.63) is 47.1 Å². The van der Waals surface area contributed by atoms with Crippen LogP contribution in [0.3, 0.4) is 0 Å². The average molecular weight is 259 g/mol. The summed E-state index contributed by atoms with van der Waals surface area (Å²) in [6, 6.07) is 9.74. The molecule has 3 aromatic rings. The normalized spacial score (nSPS) is 11.0. The Morgan fingerprint density at radius 3 is 2.61 bits per heavy atom. The summed E-state index contributed by atoms with van der Waals surface area (Å²) in [4.78, 5) is 0. The minimum absolute atomic E-state index is 0.522. The summed E-state index contributed by atoms with van der Waals surface area (Å²) >= 11 is 6.01. The summed E-state index contributed by atoms with van der Waals surface area (Å²) in [7, 11) is 0. The second-order valence-electron chi connectivity index (χ2n) is 4.20. The Bertz CT molecular complexity index is 716. The molecule has 2 aromatic heterocycles. The fourth-order valence-electron chi connectivity index (χ4n) is 1.88. The van der Waals surface area contributed by atoms with E-state index in [2.05, 4.69) is 10.2 Å². The summed E-state index contributed by atoms with van der Waals surface area (Å²) in [6.45, 7) is 2.04. The van der Waals surface area contributed by atoms with Gasteiger partial charge in [0.1, 0.15) is 0 Å². The van der Waals surface area contributed by atoms with Gasteiger partial charge in [-0.3, -0.25) is 4.40 Å². The molecule has 3 rings (SSSR count). The van der Waals surface area contributed by atoms with Crippen molar-refractivity contribution in [2.45, 2.75) is 6.92 Å². The van der Waals surface area contributed by atoms with E-state index in [9.17, 15) is 0 Å². The Labute approximate surface area is 109 Å². The number of nitrogens with zero attached hydrogens (tertiary/aromatic N) is 3. The monoisotopic (exact) mass is 258 g/mol. The minimum atomic E-state index is 0.522. The number of nitrogen functional groups attached to an aromatic ring is 1. The third kappa shape index (κ3) is 1.71. The van der Waals surface area contributed by atoms with Gasteiger partial charge in [-0.1, -0.05) is 41.4 Å². The molecule has 18 heavy (non-hydrogen) atoms. The van der Waals surface area contributed by atoms with Crippen LogP contribution in [-0.4, -0.2) is 14.6 Å². The summed E-state index contributed by atoms with van der Waals surface area (Å²) in [6.07, 6.45) is 1.77. The molecule has 0 saturated heterocycles. The van der Waals surface area contributed by atoms with Crippen LogP contribution in [0.1, 0.15) is 5.56 Å². The number of benzene rings is 1. The van der Waals surface area contributed by atoms with Crippen molar-refractivity contribution in [1.29, 1.82) is 0 Å². The van der Waals surface area contributed by atoms with E-state index in [1.807, 2.05) is 35.6 Å². The summed E-state index contributed by atoms with van der Waals surface area (Å²) < 4.78 is 1.81. The number of rotatable bonds is 1. The molecular formula is C13H11ClN4. The average Bonchev–Trinajstić information content (AvgIpc) is 2.74. The zero-order chi connectivity index (χ0) is 12.7. The number of hydrogen-bond donors (Lipinski definition) is 1. The Kier molecular flexibility index (Phi) is 2.45. The first-order valence-corrected chi connectivity index (χ1v) is 5.90. The van der Waals surface area contributed by atoms with Crippen LogP contribution in [0.25, 0.3) is 17.0 Å². The van der Waals surface area contributed by atoms with Gasteiger partial charge in [0.2, 0.25) is 0 Å². The molecule has 0 aliphatic rings. The van der Waals surface area contributed by atoms with Crippen molar-refractivity contribution in [2.75, 3.05) is 5.73 Å². The van der Waals surface area contributed by atoms with Crippen molar-refractivity contribution in [3.8, 4) is 11.4 Å². The molecule has 2 N–H and O–H groups in total. The molecule has 1 aromatic carbocycles. The molecular weight excluding hydrogens is 248 g/mol. The van der Waals surface area contributed by atoms with Gasteiger partial charge in [-0.05, 0) is 13.0 Å². The van der Waals surface area contributed by atoms with Crippen molar-refractivity contribution >= 4 is 22.9 Å². The molecule has 0 bridgehead atoms. The number of aryl methyl sites for hydroxylation is 1. The first kappa shape index (κ1) is 11.0. The van der Waals surface area contributed by atoms with E-state index in [1.54, 1.807) is 12.3 Å². The Morgan fingerprint density at radius 1 is 1.17 bits per heavy atom. The highest BCUT2D eigenvalue weighted by atomic mass is 35.5. The lowest BCUT2D eigenvalue weighted by molar-refractivity contribution is 1.11. The van der Waals surface area contributed by atoms with Crippen molar-refractivity contribution in [2.24, 2.45) is 0 Å². The van der Waals surface area contributed by atoms with Crippen LogP contribution in [0, 0.1) is 6.92 Å². The lowest BCUT2D eigenvalue weighted by Gasteiger charge is -2.02. The van der Waals surface area contributed by atoms with Crippen LogP contribution < -0.4 is 5.73 Å². The van der Waals surface area contributed by atoms with Gasteiger partial charge in [0.15, 0.2) is 11.5 Å². The molecule has 0 aliphatic carbocycles. The Balaban J connectivity index is 2.27. The second kappa shape index (κ2) is 3.99. The van der Waals surface area contributed by atoms with E-state index in [0.717, 1.165) is 11.4 Å². The van der Waals surface area contributed by atoms with Crippen molar-refractivity contribution in [3.63, 3.8) is 0 Å².